The average molecular weight is 263 g/mol. The molecule has 2 rings (SSSR count). The van der Waals surface area contributed by atoms with Crippen LogP contribution in [0.1, 0.15) is 17.3 Å². The number of methoxy groups -OCH3 is 1. The lowest BCUT2D eigenvalue weighted by atomic mass is 10.1. The van der Waals surface area contributed by atoms with Crippen LogP contribution >= 0.6 is 0 Å². The molecule has 2 aromatic rings. The van der Waals surface area contributed by atoms with E-state index in [4.69, 9.17) is 19.7 Å². The smallest absolute Gasteiger partial charge is 0.223 e. The number of aromatic nitrogens is 2. The largest absolute Gasteiger partial charge is 0.493 e. The zero-order chi connectivity index (χ0) is 13.7. The maximum absolute atomic E-state index is 5.62. The van der Waals surface area contributed by atoms with Crippen molar-refractivity contribution in [1.29, 1.82) is 0 Å². The molecule has 0 spiro atoms. The van der Waals surface area contributed by atoms with Crippen LogP contribution in [0.5, 0.6) is 11.5 Å². The molecule has 0 unspecified atom stereocenters. The van der Waals surface area contributed by atoms with Gasteiger partial charge in [-0.3, -0.25) is 0 Å². The summed E-state index contributed by atoms with van der Waals surface area (Å²) in [6, 6.07) is 5.74. The van der Waals surface area contributed by atoms with Gasteiger partial charge < -0.3 is 19.7 Å². The lowest BCUT2D eigenvalue weighted by Crippen LogP contribution is -2.04. The Kier molecular flexibility index (Phi) is 4.35. The number of benzene rings is 1. The fraction of sp³-hybridized carbons (Fsp3) is 0.385. The minimum absolute atomic E-state index is 0.240. The Morgan fingerprint density at radius 2 is 2.16 bits per heavy atom. The van der Waals surface area contributed by atoms with E-state index in [1.165, 1.54) is 0 Å². The maximum atomic E-state index is 5.62. The third-order valence-electron chi connectivity index (χ3n) is 2.59. The fourth-order valence-electron chi connectivity index (χ4n) is 1.70. The molecule has 6 nitrogen and oxygen atoms in total. The van der Waals surface area contributed by atoms with Gasteiger partial charge in [-0.2, -0.15) is 4.98 Å². The standard InChI is InChI=1S/C13H17N3O3/c1-9-15-13(16-19-9)8-18-11-4-3-10(5-6-14)7-12(11)17-2/h3-4,7H,5-6,8,14H2,1-2H3. The molecule has 102 valence electrons. The first-order valence-corrected chi connectivity index (χ1v) is 6.02. The van der Waals surface area contributed by atoms with Crippen LogP contribution in [0.2, 0.25) is 0 Å². The van der Waals surface area contributed by atoms with E-state index in [-0.39, 0.29) is 6.61 Å². The molecule has 0 aliphatic carbocycles. The Bertz CT molecular complexity index is 540. The highest BCUT2D eigenvalue weighted by atomic mass is 16.5. The first-order chi connectivity index (χ1) is 9.22. The number of rotatable bonds is 6. The fourth-order valence-corrected chi connectivity index (χ4v) is 1.70. The Morgan fingerprint density at radius 3 is 2.79 bits per heavy atom. The van der Waals surface area contributed by atoms with E-state index in [9.17, 15) is 0 Å². The lowest BCUT2D eigenvalue weighted by molar-refractivity contribution is 0.269. The van der Waals surface area contributed by atoms with Gasteiger partial charge in [-0.25, -0.2) is 0 Å². The molecule has 0 fully saturated rings. The highest BCUT2D eigenvalue weighted by Crippen LogP contribution is 2.28. The summed E-state index contributed by atoms with van der Waals surface area (Å²) in [5, 5.41) is 3.76. The highest BCUT2D eigenvalue weighted by Gasteiger charge is 2.08. The Morgan fingerprint density at radius 1 is 1.32 bits per heavy atom. The first kappa shape index (κ1) is 13.4. The number of nitrogens with zero attached hydrogens (tertiary/aromatic N) is 2. The molecule has 0 amide bonds. The molecule has 0 aliphatic heterocycles. The second kappa shape index (κ2) is 6.19. The Labute approximate surface area is 111 Å². The van der Waals surface area contributed by atoms with Crippen LogP contribution in [0.4, 0.5) is 0 Å². The van der Waals surface area contributed by atoms with E-state index in [0.717, 1.165) is 12.0 Å². The van der Waals surface area contributed by atoms with Crippen molar-refractivity contribution in [2.24, 2.45) is 5.73 Å². The van der Waals surface area contributed by atoms with Gasteiger partial charge in [0.1, 0.15) is 0 Å². The summed E-state index contributed by atoms with van der Waals surface area (Å²) in [5.74, 6) is 2.34. The summed E-state index contributed by atoms with van der Waals surface area (Å²) in [4.78, 5) is 4.07. The van der Waals surface area contributed by atoms with Crippen LogP contribution in [-0.2, 0) is 13.0 Å². The number of hydrogen-bond donors (Lipinski definition) is 1. The van der Waals surface area contributed by atoms with E-state index in [1.807, 2.05) is 18.2 Å². The first-order valence-electron chi connectivity index (χ1n) is 6.02. The molecule has 1 aromatic heterocycles. The van der Waals surface area contributed by atoms with Gasteiger partial charge in [0.05, 0.1) is 7.11 Å². The molecule has 19 heavy (non-hydrogen) atoms. The number of aryl methyl sites for hydroxylation is 1. The SMILES string of the molecule is COc1cc(CCN)ccc1OCc1noc(C)n1. The molecule has 0 saturated carbocycles. The van der Waals surface area contributed by atoms with E-state index in [1.54, 1.807) is 14.0 Å². The van der Waals surface area contributed by atoms with Crippen LogP contribution in [0.25, 0.3) is 0 Å². The van der Waals surface area contributed by atoms with Gasteiger partial charge in [-0.1, -0.05) is 11.2 Å². The molecule has 0 radical (unpaired) electrons. The number of hydrogen-bond acceptors (Lipinski definition) is 6. The number of nitrogens with two attached hydrogens (primary N) is 1. The number of ether oxygens (including phenoxy) is 2. The maximum Gasteiger partial charge on any atom is 0.223 e. The van der Waals surface area contributed by atoms with Crippen molar-refractivity contribution in [2.45, 2.75) is 20.0 Å². The van der Waals surface area contributed by atoms with Gasteiger partial charge in [0.2, 0.25) is 11.7 Å². The molecular weight excluding hydrogens is 246 g/mol. The van der Waals surface area contributed by atoms with Crippen molar-refractivity contribution in [3.05, 3.63) is 35.5 Å². The van der Waals surface area contributed by atoms with Gasteiger partial charge in [-0.15, -0.1) is 0 Å². The van der Waals surface area contributed by atoms with Crippen LogP contribution in [0.3, 0.4) is 0 Å². The lowest BCUT2D eigenvalue weighted by Gasteiger charge is -2.10. The molecule has 2 N–H and O–H groups in total. The highest BCUT2D eigenvalue weighted by molar-refractivity contribution is 5.43. The van der Waals surface area contributed by atoms with Gasteiger partial charge in [-0.05, 0) is 30.7 Å². The zero-order valence-electron chi connectivity index (χ0n) is 11.0. The summed E-state index contributed by atoms with van der Waals surface area (Å²) in [5.41, 5.74) is 6.64. The second-order valence-electron chi connectivity index (χ2n) is 4.04. The van der Waals surface area contributed by atoms with Crippen LogP contribution in [0.15, 0.2) is 22.7 Å². The van der Waals surface area contributed by atoms with Crippen molar-refractivity contribution >= 4 is 0 Å². The van der Waals surface area contributed by atoms with Crippen LogP contribution < -0.4 is 15.2 Å². The summed E-state index contributed by atoms with van der Waals surface area (Å²) >= 11 is 0. The topological polar surface area (TPSA) is 83.4 Å². The van der Waals surface area contributed by atoms with Crippen LogP contribution in [0, 0.1) is 6.92 Å². The van der Waals surface area contributed by atoms with E-state index < -0.39 is 0 Å². The summed E-state index contributed by atoms with van der Waals surface area (Å²) in [7, 11) is 1.60. The second-order valence-corrected chi connectivity index (χ2v) is 4.04. The summed E-state index contributed by atoms with van der Waals surface area (Å²) in [6.45, 7) is 2.58. The quantitative estimate of drug-likeness (QED) is 0.849. The minimum atomic E-state index is 0.240. The molecular formula is C13H17N3O3. The van der Waals surface area contributed by atoms with Gasteiger partial charge in [0.25, 0.3) is 0 Å². The van der Waals surface area contributed by atoms with Crippen LogP contribution in [-0.4, -0.2) is 23.8 Å². The van der Waals surface area contributed by atoms with Gasteiger partial charge in [0.15, 0.2) is 18.1 Å². The molecule has 0 bridgehead atoms. The Balaban J connectivity index is 2.06. The molecule has 0 saturated heterocycles. The summed E-state index contributed by atoms with van der Waals surface area (Å²) < 4.78 is 15.8. The van der Waals surface area contributed by atoms with Crippen molar-refractivity contribution in [2.75, 3.05) is 13.7 Å². The van der Waals surface area contributed by atoms with Crippen molar-refractivity contribution in [3.63, 3.8) is 0 Å². The minimum Gasteiger partial charge on any atom is -0.493 e. The molecule has 1 heterocycles. The van der Waals surface area contributed by atoms with Crippen molar-refractivity contribution in [3.8, 4) is 11.5 Å². The van der Waals surface area contributed by atoms with E-state index in [0.29, 0.717) is 29.8 Å². The third kappa shape index (κ3) is 3.45. The molecule has 6 heteroatoms. The van der Waals surface area contributed by atoms with Crippen molar-refractivity contribution in [1.82, 2.24) is 10.1 Å². The third-order valence-corrected chi connectivity index (χ3v) is 2.59. The monoisotopic (exact) mass is 263 g/mol. The summed E-state index contributed by atoms with van der Waals surface area (Å²) in [6.07, 6.45) is 0.806. The molecule has 0 aliphatic rings. The van der Waals surface area contributed by atoms with E-state index >= 15 is 0 Å². The van der Waals surface area contributed by atoms with Crippen molar-refractivity contribution < 1.29 is 14.0 Å². The predicted octanol–water partition coefficient (Wildman–Crippen LogP) is 1.47. The van der Waals surface area contributed by atoms with Gasteiger partial charge in [0, 0.05) is 6.92 Å². The normalized spacial score (nSPS) is 10.5. The zero-order valence-corrected chi connectivity index (χ0v) is 11.0. The van der Waals surface area contributed by atoms with Gasteiger partial charge >= 0.3 is 0 Å². The molecule has 1 aromatic carbocycles. The average Bonchev–Trinajstić information content (AvgIpc) is 2.83. The van der Waals surface area contributed by atoms with E-state index in [2.05, 4.69) is 10.1 Å². The Hall–Kier alpha value is -2.08. The molecule has 0 atom stereocenters. The predicted molar refractivity (Wildman–Crippen MR) is 69.1 cm³/mol.